The van der Waals surface area contributed by atoms with Crippen molar-refractivity contribution in [1.29, 1.82) is 0 Å². The van der Waals surface area contributed by atoms with Crippen LogP contribution in [0.1, 0.15) is 43.6 Å². The van der Waals surface area contributed by atoms with Gasteiger partial charge in [-0.25, -0.2) is 9.18 Å². The molecule has 3 aliphatic rings. The monoisotopic (exact) mass is 483 g/mol. The first-order chi connectivity index (χ1) is 17.0. The Morgan fingerprint density at radius 1 is 1.09 bits per heavy atom. The molecule has 3 heterocycles. The van der Waals surface area contributed by atoms with Crippen LogP contribution < -0.4 is 15.4 Å². The number of urea groups is 1. The van der Waals surface area contributed by atoms with E-state index in [2.05, 4.69) is 10.6 Å². The van der Waals surface area contributed by atoms with Crippen molar-refractivity contribution in [3.63, 3.8) is 0 Å². The quantitative estimate of drug-likeness (QED) is 0.600. The number of carbonyl (C=O) groups is 2. The molecule has 2 aromatic carbocycles. The standard InChI is InChI=1S/C26H30FN3O5/c27-20-6-2-3-7-21(20)29-26(33)28-16-8-9-22-18(12-16)19-13-17(34-23(15-31)25(19)35-22)14-24(32)30-10-4-1-5-11-30/h2-3,6-9,12,17,19,23,25,31H,1,4-5,10-11,13-15H2,(H2,28,29,33)/t17-,19+,23-,25-/m1/s1. The second kappa shape index (κ2) is 10.2. The van der Waals surface area contributed by atoms with Gasteiger partial charge in [0.25, 0.3) is 0 Å². The number of fused-ring (bicyclic) bond motifs is 3. The molecule has 0 unspecified atom stereocenters. The van der Waals surface area contributed by atoms with Crippen molar-refractivity contribution in [1.82, 2.24) is 4.90 Å². The molecule has 5 rings (SSSR count). The summed E-state index contributed by atoms with van der Waals surface area (Å²) in [6, 6.07) is 10.7. The Kier molecular flexibility index (Phi) is 6.88. The lowest BCUT2D eigenvalue weighted by Gasteiger charge is -2.38. The summed E-state index contributed by atoms with van der Waals surface area (Å²) in [5, 5.41) is 15.2. The predicted octanol–water partition coefficient (Wildman–Crippen LogP) is 3.87. The molecule has 0 spiro atoms. The van der Waals surface area contributed by atoms with Crippen LogP contribution in [-0.4, -0.2) is 60.0 Å². The number of likely N-dealkylation sites (tertiary alicyclic amines) is 1. The molecule has 8 nitrogen and oxygen atoms in total. The number of aliphatic hydroxyl groups excluding tert-OH is 1. The number of hydrogen-bond acceptors (Lipinski definition) is 5. The van der Waals surface area contributed by atoms with Crippen LogP contribution in [-0.2, 0) is 9.53 Å². The van der Waals surface area contributed by atoms with Gasteiger partial charge in [-0.1, -0.05) is 12.1 Å². The molecule has 2 aromatic rings. The third kappa shape index (κ3) is 5.11. The van der Waals surface area contributed by atoms with Gasteiger partial charge in [-0.05, 0) is 56.0 Å². The van der Waals surface area contributed by atoms with Crippen LogP contribution in [0.25, 0.3) is 0 Å². The number of hydrogen-bond donors (Lipinski definition) is 3. The van der Waals surface area contributed by atoms with Gasteiger partial charge < -0.3 is 30.1 Å². The molecule has 0 aromatic heterocycles. The summed E-state index contributed by atoms with van der Waals surface area (Å²) in [5.41, 5.74) is 1.52. The largest absolute Gasteiger partial charge is 0.487 e. The van der Waals surface area contributed by atoms with Crippen LogP contribution >= 0.6 is 0 Å². The summed E-state index contributed by atoms with van der Waals surface area (Å²) < 4.78 is 26.0. The van der Waals surface area contributed by atoms with E-state index in [1.807, 2.05) is 11.0 Å². The molecule has 186 valence electrons. The number of piperidine rings is 1. The number of carbonyl (C=O) groups excluding carboxylic acids is 2. The van der Waals surface area contributed by atoms with E-state index in [9.17, 15) is 19.1 Å². The highest BCUT2D eigenvalue weighted by Crippen LogP contribution is 2.47. The predicted molar refractivity (Wildman–Crippen MR) is 128 cm³/mol. The Morgan fingerprint density at radius 2 is 1.89 bits per heavy atom. The fourth-order valence-electron chi connectivity index (χ4n) is 5.28. The Hall–Kier alpha value is -3.17. The summed E-state index contributed by atoms with van der Waals surface area (Å²) in [4.78, 5) is 27.1. The van der Waals surface area contributed by atoms with Gasteiger partial charge in [0.2, 0.25) is 5.91 Å². The number of para-hydroxylation sites is 1. The van der Waals surface area contributed by atoms with Crippen LogP contribution in [0, 0.1) is 5.82 Å². The van der Waals surface area contributed by atoms with E-state index in [0.717, 1.165) is 37.9 Å². The zero-order valence-electron chi connectivity index (χ0n) is 19.4. The summed E-state index contributed by atoms with van der Waals surface area (Å²) >= 11 is 0. The van der Waals surface area contributed by atoms with E-state index in [1.165, 1.54) is 12.1 Å². The van der Waals surface area contributed by atoms with Crippen molar-refractivity contribution >= 4 is 23.3 Å². The van der Waals surface area contributed by atoms with Gasteiger partial charge >= 0.3 is 6.03 Å². The Bertz CT molecular complexity index is 1090. The van der Waals surface area contributed by atoms with Crippen molar-refractivity contribution in [2.75, 3.05) is 30.3 Å². The highest BCUT2D eigenvalue weighted by atomic mass is 19.1. The van der Waals surface area contributed by atoms with E-state index < -0.39 is 18.0 Å². The maximum atomic E-state index is 13.9. The van der Waals surface area contributed by atoms with E-state index in [4.69, 9.17) is 9.47 Å². The normalized spacial score (nSPS) is 25.3. The molecule has 4 atom stereocenters. The summed E-state index contributed by atoms with van der Waals surface area (Å²) in [7, 11) is 0. The summed E-state index contributed by atoms with van der Waals surface area (Å²) in [5.74, 6) is 0.163. The third-order valence-electron chi connectivity index (χ3n) is 6.99. The lowest BCUT2D eigenvalue weighted by atomic mass is 9.84. The van der Waals surface area contributed by atoms with Crippen molar-refractivity contribution in [2.45, 2.75) is 56.3 Å². The van der Waals surface area contributed by atoms with Gasteiger partial charge in [-0.15, -0.1) is 0 Å². The minimum atomic E-state index is -0.560. The van der Waals surface area contributed by atoms with Gasteiger partial charge in [-0.3, -0.25) is 4.79 Å². The minimum Gasteiger partial charge on any atom is -0.487 e. The first-order valence-electron chi connectivity index (χ1n) is 12.2. The molecular weight excluding hydrogens is 453 g/mol. The number of rotatable bonds is 5. The minimum absolute atomic E-state index is 0.0774. The zero-order chi connectivity index (χ0) is 24.4. The second-order valence-corrected chi connectivity index (χ2v) is 9.36. The molecule has 3 N–H and O–H groups in total. The van der Waals surface area contributed by atoms with Crippen molar-refractivity contribution in [2.24, 2.45) is 0 Å². The van der Waals surface area contributed by atoms with E-state index in [-0.39, 0.29) is 42.7 Å². The molecule has 0 bridgehead atoms. The average Bonchev–Trinajstić information content (AvgIpc) is 3.23. The zero-order valence-corrected chi connectivity index (χ0v) is 19.4. The molecule has 0 aliphatic carbocycles. The van der Waals surface area contributed by atoms with Crippen LogP contribution in [0.4, 0.5) is 20.6 Å². The average molecular weight is 484 g/mol. The second-order valence-electron chi connectivity index (χ2n) is 9.36. The van der Waals surface area contributed by atoms with Crippen LogP contribution in [0.5, 0.6) is 5.75 Å². The Morgan fingerprint density at radius 3 is 2.66 bits per heavy atom. The molecular formula is C26H30FN3O5. The molecule has 3 amide bonds. The fraction of sp³-hybridized carbons (Fsp3) is 0.462. The first kappa shape index (κ1) is 23.6. The number of aliphatic hydroxyl groups is 1. The van der Waals surface area contributed by atoms with Crippen LogP contribution in [0.3, 0.4) is 0 Å². The first-order valence-corrected chi connectivity index (χ1v) is 12.2. The molecule has 35 heavy (non-hydrogen) atoms. The van der Waals surface area contributed by atoms with Crippen molar-refractivity contribution < 1.29 is 28.6 Å². The lowest BCUT2D eigenvalue weighted by molar-refractivity contribution is -0.149. The van der Waals surface area contributed by atoms with Gasteiger partial charge in [-0.2, -0.15) is 0 Å². The van der Waals surface area contributed by atoms with Gasteiger partial charge in [0, 0.05) is 30.3 Å². The molecule has 0 radical (unpaired) electrons. The number of nitrogens with zero attached hydrogens (tertiary/aromatic N) is 1. The lowest BCUT2D eigenvalue weighted by Crippen LogP contribution is -2.48. The number of anilines is 2. The summed E-state index contributed by atoms with van der Waals surface area (Å²) in [6.07, 6.45) is 2.85. The van der Waals surface area contributed by atoms with Crippen LogP contribution in [0.2, 0.25) is 0 Å². The number of benzene rings is 2. The van der Waals surface area contributed by atoms with E-state index in [0.29, 0.717) is 17.9 Å². The molecule has 2 fully saturated rings. The summed E-state index contributed by atoms with van der Waals surface area (Å²) in [6.45, 7) is 1.37. The number of amides is 3. The molecule has 0 saturated carbocycles. The smallest absolute Gasteiger partial charge is 0.323 e. The highest BCUT2D eigenvalue weighted by molar-refractivity contribution is 5.99. The molecule has 9 heteroatoms. The van der Waals surface area contributed by atoms with Crippen LogP contribution in [0.15, 0.2) is 42.5 Å². The Balaban J connectivity index is 1.28. The molecule has 3 aliphatic heterocycles. The van der Waals surface area contributed by atoms with Gasteiger partial charge in [0.15, 0.2) is 0 Å². The van der Waals surface area contributed by atoms with Crippen molar-refractivity contribution in [3.05, 3.63) is 53.8 Å². The number of halogens is 1. The Labute approximate surface area is 203 Å². The maximum absolute atomic E-state index is 13.9. The third-order valence-corrected chi connectivity index (χ3v) is 6.99. The molecule has 2 saturated heterocycles. The topological polar surface area (TPSA) is 100 Å². The van der Waals surface area contributed by atoms with Gasteiger partial charge in [0.05, 0.1) is 24.8 Å². The highest BCUT2D eigenvalue weighted by Gasteiger charge is 2.46. The fourth-order valence-corrected chi connectivity index (χ4v) is 5.28. The van der Waals surface area contributed by atoms with Gasteiger partial charge in [0.1, 0.15) is 23.8 Å². The SMILES string of the molecule is O=C(Nc1ccc2c(c1)[C@@H]1C[C@H](CC(=O)N3CCCCC3)O[C@H](CO)[C@@H]1O2)Nc1ccccc1F. The maximum Gasteiger partial charge on any atom is 0.323 e. The number of nitrogens with one attached hydrogen (secondary N) is 2. The van der Waals surface area contributed by atoms with Crippen molar-refractivity contribution in [3.8, 4) is 5.75 Å². The van der Waals surface area contributed by atoms with E-state index in [1.54, 1.807) is 24.3 Å². The van der Waals surface area contributed by atoms with E-state index >= 15 is 0 Å². The number of ether oxygens (including phenoxy) is 2.